The number of halogens is 1. The van der Waals surface area contributed by atoms with E-state index in [4.69, 9.17) is 16.3 Å². The van der Waals surface area contributed by atoms with Gasteiger partial charge in [0.1, 0.15) is 5.75 Å². The second-order valence-electron chi connectivity index (χ2n) is 2.53. The van der Waals surface area contributed by atoms with Gasteiger partial charge >= 0.3 is 5.97 Å². The highest BCUT2D eigenvalue weighted by Crippen LogP contribution is 2.24. The van der Waals surface area contributed by atoms with Crippen molar-refractivity contribution in [1.82, 2.24) is 0 Å². The van der Waals surface area contributed by atoms with E-state index >= 15 is 0 Å². The molecule has 3 heteroatoms. The summed E-state index contributed by atoms with van der Waals surface area (Å²) in [5, 5.41) is 0.463. The Balaban J connectivity index is 2.93. The number of aryl methyl sites for hydroxylation is 1. The van der Waals surface area contributed by atoms with Crippen LogP contribution in [0.5, 0.6) is 5.75 Å². The summed E-state index contributed by atoms with van der Waals surface area (Å²) in [5.41, 5.74) is 1.04. The highest BCUT2D eigenvalue weighted by Gasteiger charge is 2.02. The van der Waals surface area contributed by atoms with Gasteiger partial charge in [0.15, 0.2) is 0 Å². The van der Waals surface area contributed by atoms with E-state index in [1.165, 1.54) is 6.92 Å². The molecular weight excluding hydrogens is 176 g/mol. The number of rotatable bonds is 1. The van der Waals surface area contributed by atoms with Gasteiger partial charge in [0, 0.05) is 6.92 Å². The lowest BCUT2D eigenvalue weighted by Gasteiger charge is -2.03. The zero-order chi connectivity index (χ0) is 9.14. The monoisotopic (exact) mass is 184 g/mol. The van der Waals surface area contributed by atoms with E-state index in [0.717, 1.165) is 5.56 Å². The first kappa shape index (κ1) is 9.07. The average Bonchev–Trinajstić information content (AvgIpc) is 1.94. The van der Waals surface area contributed by atoms with Crippen LogP contribution in [-0.2, 0) is 4.79 Å². The van der Waals surface area contributed by atoms with Crippen molar-refractivity contribution in [2.24, 2.45) is 0 Å². The summed E-state index contributed by atoms with van der Waals surface area (Å²) in [7, 11) is 0. The summed E-state index contributed by atoms with van der Waals surface area (Å²) in [4.78, 5) is 10.6. The molecule has 0 N–H and O–H groups in total. The quantitative estimate of drug-likeness (QED) is 0.495. The minimum atomic E-state index is -0.360. The van der Waals surface area contributed by atoms with E-state index in [-0.39, 0.29) is 5.97 Å². The van der Waals surface area contributed by atoms with Crippen LogP contribution in [0.3, 0.4) is 0 Å². The molecule has 0 saturated carbocycles. The Morgan fingerprint density at radius 3 is 2.67 bits per heavy atom. The zero-order valence-corrected chi connectivity index (χ0v) is 7.68. The van der Waals surface area contributed by atoms with Crippen LogP contribution in [0.1, 0.15) is 12.5 Å². The Bertz CT molecular complexity index is 307. The van der Waals surface area contributed by atoms with Crippen LogP contribution < -0.4 is 4.74 Å². The van der Waals surface area contributed by atoms with Crippen molar-refractivity contribution in [2.45, 2.75) is 13.8 Å². The van der Waals surface area contributed by atoms with Gasteiger partial charge in [0.25, 0.3) is 0 Å². The standard InChI is InChI=1S/C9H9ClO2/c1-6-3-4-9(8(10)5-6)12-7(2)11/h3-5H,1-2H3. The van der Waals surface area contributed by atoms with Gasteiger partial charge in [-0.2, -0.15) is 0 Å². The van der Waals surface area contributed by atoms with Crippen LogP contribution in [0, 0.1) is 6.92 Å². The van der Waals surface area contributed by atoms with Gasteiger partial charge in [0.05, 0.1) is 5.02 Å². The Labute approximate surface area is 76.1 Å². The van der Waals surface area contributed by atoms with Gasteiger partial charge < -0.3 is 4.74 Å². The first-order chi connectivity index (χ1) is 5.59. The normalized spacial score (nSPS) is 9.58. The van der Waals surface area contributed by atoms with Crippen molar-refractivity contribution < 1.29 is 9.53 Å². The first-order valence-corrected chi connectivity index (χ1v) is 3.92. The predicted molar refractivity (Wildman–Crippen MR) is 47.5 cm³/mol. The van der Waals surface area contributed by atoms with Gasteiger partial charge in [-0.05, 0) is 24.6 Å². The van der Waals surface area contributed by atoms with Crippen LogP contribution in [-0.4, -0.2) is 5.97 Å². The molecule has 1 rings (SSSR count). The van der Waals surface area contributed by atoms with Crippen molar-refractivity contribution >= 4 is 17.6 Å². The maximum atomic E-state index is 10.6. The Kier molecular flexibility index (Phi) is 2.71. The topological polar surface area (TPSA) is 26.3 Å². The molecule has 0 aliphatic carbocycles. The SMILES string of the molecule is CC(=O)Oc1ccc(C)cc1Cl. The van der Waals surface area contributed by atoms with Crippen molar-refractivity contribution in [3.63, 3.8) is 0 Å². The number of ether oxygens (including phenoxy) is 1. The fourth-order valence-electron chi connectivity index (χ4n) is 0.843. The number of esters is 1. The van der Waals surface area contributed by atoms with E-state index in [9.17, 15) is 4.79 Å². The number of hydrogen-bond acceptors (Lipinski definition) is 2. The first-order valence-electron chi connectivity index (χ1n) is 3.54. The summed E-state index contributed by atoms with van der Waals surface area (Å²) in [6, 6.07) is 5.27. The second-order valence-corrected chi connectivity index (χ2v) is 2.93. The van der Waals surface area contributed by atoms with Crippen molar-refractivity contribution in [3.05, 3.63) is 28.8 Å². The van der Waals surface area contributed by atoms with E-state index in [2.05, 4.69) is 0 Å². The maximum absolute atomic E-state index is 10.6. The number of carbonyl (C=O) groups is 1. The fraction of sp³-hybridized carbons (Fsp3) is 0.222. The van der Waals surface area contributed by atoms with Gasteiger partial charge in [-0.1, -0.05) is 17.7 Å². The lowest BCUT2D eigenvalue weighted by molar-refractivity contribution is -0.131. The van der Waals surface area contributed by atoms with Crippen LogP contribution in [0.4, 0.5) is 0 Å². The predicted octanol–water partition coefficient (Wildman–Crippen LogP) is 2.57. The molecular formula is C9H9ClO2. The molecule has 0 amide bonds. The summed E-state index contributed by atoms with van der Waals surface area (Å²) in [5.74, 6) is 0.0514. The largest absolute Gasteiger partial charge is 0.425 e. The lowest BCUT2D eigenvalue weighted by Crippen LogP contribution is -2.01. The molecule has 0 aromatic heterocycles. The minimum absolute atomic E-state index is 0.360. The zero-order valence-electron chi connectivity index (χ0n) is 6.93. The van der Waals surface area contributed by atoms with Gasteiger partial charge in [-0.3, -0.25) is 4.79 Å². The molecule has 1 aromatic rings. The molecule has 12 heavy (non-hydrogen) atoms. The van der Waals surface area contributed by atoms with Gasteiger partial charge in [0.2, 0.25) is 0 Å². The third-order valence-corrected chi connectivity index (χ3v) is 1.64. The highest BCUT2D eigenvalue weighted by atomic mass is 35.5. The second kappa shape index (κ2) is 3.59. The number of hydrogen-bond donors (Lipinski definition) is 0. The van der Waals surface area contributed by atoms with Crippen molar-refractivity contribution in [1.29, 1.82) is 0 Å². The highest BCUT2D eigenvalue weighted by molar-refractivity contribution is 6.32. The third kappa shape index (κ3) is 2.24. The van der Waals surface area contributed by atoms with Crippen molar-refractivity contribution in [3.8, 4) is 5.75 Å². The molecule has 1 aromatic carbocycles. The lowest BCUT2D eigenvalue weighted by atomic mass is 10.2. The summed E-state index contributed by atoms with van der Waals surface area (Å²) in [6.07, 6.45) is 0. The molecule has 0 heterocycles. The van der Waals surface area contributed by atoms with E-state index in [0.29, 0.717) is 10.8 Å². The molecule has 0 fully saturated rings. The van der Waals surface area contributed by atoms with E-state index < -0.39 is 0 Å². The summed E-state index contributed by atoms with van der Waals surface area (Å²) >= 11 is 5.80. The van der Waals surface area contributed by atoms with E-state index in [1.54, 1.807) is 12.1 Å². The molecule has 0 aliphatic rings. The maximum Gasteiger partial charge on any atom is 0.308 e. The molecule has 0 aliphatic heterocycles. The van der Waals surface area contributed by atoms with Crippen LogP contribution >= 0.6 is 11.6 Å². The fourth-order valence-corrected chi connectivity index (χ4v) is 1.12. The number of carbonyl (C=O) groups excluding carboxylic acids is 1. The molecule has 0 bridgehead atoms. The van der Waals surface area contributed by atoms with Crippen LogP contribution in [0.15, 0.2) is 18.2 Å². The smallest absolute Gasteiger partial charge is 0.308 e. The van der Waals surface area contributed by atoms with Gasteiger partial charge in [-0.25, -0.2) is 0 Å². The average molecular weight is 185 g/mol. The van der Waals surface area contributed by atoms with Crippen LogP contribution in [0.25, 0.3) is 0 Å². The third-order valence-electron chi connectivity index (χ3n) is 1.34. The Hall–Kier alpha value is -1.02. The Morgan fingerprint density at radius 2 is 2.17 bits per heavy atom. The van der Waals surface area contributed by atoms with Crippen molar-refractivity contribution in [2.75, 3.05) is 0 Å². The van der Waals surface area contributed by atoms with Crippen LogP contribution in [0.2, 0.25) is 5.02 Å². The molecule has 0 radical (unpaired) electrons. The minimum Gasteiger partial charge on any atom is -0.425 e. The molecule has 2 nitrogen and oxygen atoms in total. The van der Waals surface area contributed by atoms with E-state index in [1.807, 2.05) is 13.0 Å². The Morgan fingerprint density at radius 1 is 1.50 bits per heavy atom. The molecule has 0 spiro atoms. The molecule has 0 unspecified atom stereocenters. The molecule has 0 atom stereocenters. The molecule has 0 saturated heterocycles. The number of benzene rings is 1. The summed E-state index contributed by atoms with van der Waals surface area (Å²) in [6.45, 7) is 3.26. The van der Waals surface area contributed by atoms with Gasteiger partial charge in [-0.15, -0.1) is 0 Å². The molecule has 64 valence electrons. The summed E-state index contributed by atoms with van der Waals surface area (Å²) < 4.78 is 4.83.